The van der Waals surface area contributed by atoms with Gasteiger partial charge in [0.25, 0.3) is 11.6 Å². The first kappa shape index (κ1) is 22.0. The molecule has 0 aliphatic carbocycles. The zero-order chi connectivity index (χ0) is 20.4. The molecule has 148 valence electrons. The Hall–Kier alpha value is -3.09. The number of nitro groups is 1. The standard InChI is InChI=1S/C15H21N5O7/c16-11(5-9-1-3-10(4-2-9)20(26)27)15(25)19-7-13(22)17-6-12(21)18-8-14(23)24/h1-4,11,14,23-24H,5-8,16H2,(H,17,22)(H,18,21)(H,19,25)/p+1. The largest absolute Gasteiger partial charge is 0.367 e. The summed E-state index contributed by atoms with van der Waals surface area (Å²) >= 11 is 0. The lowest BCUT2D eigenvalue weighted by molar-refractivity contribution is -0.403. The first-order valence-corrected chi connectivity index (χ1v) is 7.92. The molecule has 0 bridgehead atoms. The van der Waals surface area contributed by atoms with E-state index in [0.29, 0.717) is 5.56 Å². The van der Waals surface area contributed by atoms with E-state index in [9.17, 15) is 24.5 Å². The number of nitrogens with zero attached hydrogens (tertiary/aromatic N) is 1. The molecule has 0 heterocycles. The van der Waals surface area contributed by atoms with Gasteiger partial charge in [-0.25, -0.2) is 0 Å². The van der Waals surface area contributed by atoms with Crippen LogP contribution in [0.1, 0.15) is 5.56 Å². The highest BCUT2D eigenvalue weighted by atomic mass is 16.6. The molecule has 0 saturated carbocycles. The van der Waals surface area contributed by atoms with E-state index in [1.54, 1.807) is 0 Å². The number of aliphatic hydroxyl groups excluding tert-OH is 1. The third-order valence-corrected chi connectivity index (χ3v) is 3.35. The van der Waals surface area contributed by atoms with Crippen LogP contribution in [-0.4, -0.2) is 64.8 Å². The summed E-state index contributed by atoms with van der Waals surface area (Å²) in [5.41, 5.74) is 4.32. The van der Waals surface area contributed by atoms with Gasteiger partial charge in [-0.1, -0.05) is 12.1 Å². The van der Waals surface area contributed by atoms with Gasteiger partial charge in [-0.3, -0.25) is 24.5 Å². The summed E-state index contributed by atoms with van der Waals surface area (Å²) in [6.45, 7) is -1.10. The van der Waals surface area contributed by atoms with Crippen molar-refractivity contribution in [2.24, 2.45) is 0 Å². The fourth-order valence-corrected chi connectivity index (χ4v) is 1.95. The number of aliphatic hydroxyl groups is 2. The Bertz CT molecular complexity index is 678. The Morgan fingerprint density at radius 1 is 1.04 bits per heavy atom. The number of rotatable bonds is 10. The number of benzene rings is 1. The van der Waals surface area contributed by atoms with Gasteiger partial charge in [0.05, 0.1) is 24.6 Å². The van der Waals surface area contributed by atoms with Crippen molar-refractivity contribution in [1.82, 2.24) is 16.0 Å². The molecule has 3 amide bonds. The highest BCUT2D eigenvalue weighted by Crippen LogP contribution is 2.12. The monoisotopic (exact) mass is 384 g/mol. The zero-order valence-corrected chi connectivity index (χ0v) is 14.4. The Morgan fingerprint density at radius 2 is 1.59 bits per heavy atom. The Labute approximate surface area is 153 Å². The molecule has 12 nitrogen and oxygen atoms in total. The van der Waals surface area contributed by atoms with Gasteiger partial charge in [-0.2, -0.15) is 0 Å². The van der Waals surface area contributed by atoms with Gasteiger partial charge in [-0.05, 0) is 5.56 Å². The summed E-state index contributed by atoms with van der Waals surface area (Å²) in [5.74, 6) is -1.71. The first-order valence-electron chi connectivity index (χ1n) is 7.92. The van der Waals surface area contributed by atoms with Gasteiger partial charge in [0.1, 0.15) is 0 Å². The second-order valence-electron chi connectivity index (χ2n) is 5.60. The summed E-state index contributed by atoms with van der Waals surface area (Å²) < 4.78 is 0. The van der Waals surface area contributed by atoms with Gasteiger partial charge < -0.3 is 31.9 Å². The molecule has 1 unspecified atom stereocenters. The maximum atomic E-state index is 11.9. The fraction of sp³-hybridized carbons (Fsp3) is 0.400. The predicted octanol–water partition coefficient (Wildman–Crippen LogP) is -3.59. The van der Waals surface area contributed by atoms with Crippen molar-refractivity contribution in [2.45, 2.75) is 18.8 Å². The maximum absolute atomic E-state index is 11.9. The van der Waals surface area contributed by atoms with Crippen LogP contribution in [0.5, 0.6) is 0 Å². The predicted molar refractivity (Wildman–Crippen MR) is 90.7 cm³/mol. The highest BCUT2D eigenvalue weighted by Gasteiger charge is 2.19. The molecule has 27 heavy (non-hydrogen) atoms. The molecule has 1 aromatic carbocycles. The number of hydrogen-bond acceptors (Lipinski definition) is 7. The molecule has 1 atom stereocenters. The number of non-ortho nitro benzene ring substituents is 1. The third-order valence-electron chi connectivity index (χ3n) is 3.35. The molecule has 0 aliphatic heterocycles. The number of hydrogen-bond donors (Lipinski definition) is 6. The van der Waals surface area contributed by atoms with Crippen LogP contribution >= 0.6 is 0 Å². The molecule has 12 heteroatoms. The quantitative estimate of drug-likeness (QED) is 0.136. The maximum Gasteiger partial charge on any atom is 0.278 e. The van der Waals surface area contributed by atoms with Crippen molar-refractivity contribution < 1.29 is 35.3 Å². The Balaban J connectivity index is 2.33. The molecule has 0 aliphatic rings. The zero-order valence-electron chi connectivity index (χ0n) is 14.4. The molecule has 0 aromatic heterocycles. The number of amides is 3. The van der Waals surface area contributed by atoms with E-state index in [-0.39, 0.29) is 31.7 Å². The minimum Gasteiger partial charge on any atom is -0.367 e. The van der Waals surface area contributed by atoms with Crippen molar-refractivity contribution >= 4 is 23.4 Å². The second-order valence-corrected chi connectivity index (χ2v) is 5.60. The Kier molecular flexibility index (Phi) is 8.78. The molecule has 0 saturated heterocycles. The third kappa shape index (κ3) is 8.71. The number of carbonyl (C=O) groups excluding carboxylic acids is 3. The number of nitrogens with one attached hydrogen (secondary N) is 3. The summed E-state index contributed by atoms with van der Waals surface area (Å²) in [6, 6.07) is 4.99. The smallest absolute Gasteiger partial charge is 0.278 e. The van der Waals surface area contributed by atoms with Crippen LogP contribution in [-0.2, 0) is 20.8 Å². The van der Waals surface area contributed by atoms with E-state index < -0.39 is 35.0 Å². The van der Waals surface area contributed by atoms with Gasteiger partial charge >= 0.3 is 0 Å². The lowest BCUT2D eigenvalue weighted by atomic mass is 10.1. The molecule has 8 N–H and O–H groups in total. The lowest BCUT2D eigenvalue weighted by Crippen LogP contribution is -2.68. The molecule has 0 radical (unpaired) electrons. The van der Waals surface area contributed by atoms with Crippen LogP contribution in [0.4, 0.5) is 5.69 Å². The molecule has 1 aromatic rings. The minimum atomic E-state index is -1.69. The molecule has 1 rings (SSSR count). The summed E-state index contributed by atoms with van der Waals surface area (Å²) in [4.78, 5) is 44.9. The average molecular weight is 384 g/mol. The van der Waals surface area contributed by atoms with E-state index in [2.05, 4.69) is 21.7 Å². The van der Waals surface area contributed by atoms with Gasteiger partial charge in [0.2, 0.25) is 11.8 Å². The van der Waals surface area contributed by atoms with Crippen molar-refractivity contribution in [2.75, 3.05) is 19.6 Å². The first-order chi connectivity index (χ1) is 12.7. The molecule has 0 spiro atoms. The normalized spacial score (nSPS) is 11.6. The Morgan fingerprint density at radius 3 is 2.15 bits per heavy atom. The van der Waals surface area contributed by atoms with Gasteiger partial charge in [-0.15, -0.1) is 0 Å². The summed E-state index contributed by atoms with van der Waals surface area (Å²) in [5, 5.41) is 34.6. The van der Waals surface area contributed by atoms with Crippen molar-refractivity contribution in [3.63, 3.8) is 0 Å². The van der Waals surface area contributed by atoms with Gasteiger partial charge in [0.15, 0.2) is 12.3 Å². The number of quaternary nitrogens is 1. The van der Waals surface area contributed by atoms with Crippen LogP contribution in [0.25, 0.3) is 0 Å². The van der Waals surface area contributed by atoms with E-state index in [0.717, 1.165) is 0 Å². The van der Waals surface area contributed by atoms with E-state index >= 15 is 0 Å². The highest BCUT2D eigenvalue weighted by molar-refractivity contribution is 5.89. The van der Waals surface area contributed by atoms with Crippen LogP contribution in [0, 0.1) is 10.1 Å². The SMILES string of the molecule is [NH3+]C(Cc1ccc([N+](=O)[O-])cc1)C(=O)NCC(=O)NCC(=O)NCC(O)O. The van der Waals surface area contributed by atoms with Crippen LogP contribution in [0.2, 0.25) is 0 Å². The van der Waals surface area contributed by atoms with Crippen LogP contribution in [0.3, 0.4) is 0 Å². The van der Waals surface area contributed by atoms with Crippen molar-refractivity contribution in [1.29, 1.82) is 0 Å². The minimum absolute atomic E-state index is 0.0574. The lowest BCUT2D eigenvalue weighted by Gasteiger charge is -2.10. The van der Waals surface area contributed by atoms with Gasteiger partial charge in [0, 0.05) is 18.6 Å². The van der Waals surface area contributed by atoms with Crippen LogP contribution < -0.4 is 21.7 Å². The summed E-state index contributed by atoms with van der Waals surface area (Å²) in [7, 11) is 0. The van der Waals surface area contributed by atoms with Crippen molar-refractivity contribution in [3.8, 4) is 0 Å². The molecule has 0 fully saturated rings. The average Bonchev–Trinajstić information content (AvgIpc) is 2.62. The van der Waals surface area contributed by atoms with Crippen LogP contribution in [0.15, 0.2) is 24.3 Å². The fourth-order valence-electron chi connectivity index (χ4n) is 1.95. The molecular formula is C15H22N5O7+. The van der Waals surface area contributed by atoms with E-state index in [4.69, 9.17) is 10.2 Å². The number of carbonyl (C=O) groups is 3. The van der Waals surface area contributed by atoms with E-state index in [1.807, 2.05) is 0 Å². The van der Waals surface area contributed by atoms with Crippen molar-refractivity contribution in [3.05, 3.63) is 39.9 Å². The number of nitro benzene ring substituents is 1. The van der Waals surface area contributed by atoms with E-state index in [1.165, 1.54) is 24.3 Å². The summed E-state index contributed by atoms with van der Waals surface area (Å²) in [6.07, 6.45) is -1.45. The molecular weight excluding hydrogens is 362 g/mol. The second kappa shape index (κ2) is 10.8. The topological polar surface area (TPSA) is 199 Å².